The quantitative estimate of drug-likeness (QED) is 0.548. The number of aromatic nitrogens is 2. The molecule has 2 aromatic carbocycles. The third kappa shape index (κ3) is 4.79. The van der Waals surface area contributed by atoms with E-state index in [2.05, 4.69) is 22.2 Å². The number of methoxy groups -OCH3 is 1. The van der Waals surface area contributed by atoms with Gasteiger partial charge in [0.05, 0.1) is 12.7 Å². The maximum Gasteiger partial charge on any atom is 0.261 e. The highest BCUT2D eigenvalue weighted by atomic mass is 16.5. The van der Waals surface area contributed by atoms with Crippen LogP contribution >= 0.6 is 0 Å². The summed E-state index contributed by atoms with van der Waals surface area (Å²) in [5.74, 6) is 3.28. The molecule has 0 N–H and O–H groups in total. The number of rotatable bonds is 7. The molecule has 2 saturated heterocycles. The molecule has 0 bridgehead atoms. The number of benzene rings is 2. The molecule has 2 aliphatic rings. The third-order valence-corrected chi connectivity index (χ3v) is 6.21. The first kappa shape index (κ1) is 21.0. The fourth-order valence-electron chi connectivity index (χ4n) is 4.46. The number of para-hydroxylation sites is 1. The Kier molecular flexibility index (Phi) is 6.36. The molecule has 2 aliphatic heterocycles. The largest absolute Gasteiger partial charge is 0.497 e. The van der Waals surface area contributed by atoms with Crippen LogP contribution in [-0.2, 0) is 11.3 Å². The number of likely N-dealkylation sites (tertiary alicyclic amines) is 1. The van der Waals surface area contributed by atoms with Gasteiger partial charge in [0.15, 0.2) is 5.82 Å². The second-order valence-electron chi connectivity index (χ2n) is 8.46. The van der Waals surface area contributed by atoms with Crippen molar-refractivity contribution in [2.45, 2.75) is 37.8 Å². The average Bonchev–Trinajstić information content (AvgIpc) is 3.50. The van der Waals surface area contributed by atoms with Crippen LogP contribution in [0.1, 0.15) is 36.6 Å². The molecule has 0 spiro atoms. The molecule has 32 heavy (non-hydrogen) atoms. The fourth-order valence-corrected chi connectivity index (χ4v) is 4.46. The van der Waals surface area contributed by atoms with Crippen LogP contribution in [0.15, 0.2) is 53.1 Å². The van der Waals surface area contributed by atoms with Crippen LogP contribution in [0, 0.1) is 0 Å². The maximum absolute atomic E-state index is 6.41. The molecule has 0 amide bonds. The summed E-state index contributed by atoms with van der Waals surface area (Å²) in [6, 6.07) is 16.2. The Labute approximate surface area is 188 Å². The minimum Gasteiger partial charge on any atom is -0.497 e. The van der Waals surface area contributed by atoms with Crippen LogP contribution in [0.25, 0.3) is 11.5 Å². The molecule has 5 rings (SSSR count). The summed E-state index contributed by atoms with van der Waals surface area (Å²) in [6.07, 6.45) is 2.97. The van der Waals surface area contributed by atoms with Gasteiger partial charge in [-0.3, -0.25) is 4.90 Å². The molecule has 1 unspecified atom stereocenters. The standard InChI is InChI=1S/C25H29N3O4/c1-29-20-6-4-5-18(15-20)16-28-12-9-21(17-28)31-23-8-3-2-7-22(23)25-26-24(27-32-25)19-10-13-30-14-11-19/h2-8,15,19,21H,9-14,16-17H2,1H3. The van der Waals surface area contributed by atoms with E-state index in [9.17, 15) is 0 Å². The van der Waals surface area contributed by atoms with Gasteiger partial charge in [0, 0.05) is 38.8 Å². The molecule has 0 radical (unpaired) electrons. The minimum absolute atomic E-state index is 0.125. The molecule has 168 valence electrons. The van der Waals surface area contributed by atoms with Gasteiger partial charge < -0.3 is 18.7 Å². The van der Waals surface area contributed by atoms with Gasteiger partial charge in [0.1, 0.15) is 17.6 Å². The van der Waals surface area contributed by atoms with Crippen LogP contribution in [0.3, 0.4) is 0 Å². The highest BCUT2D eigenvalue weighted by Gasteiger charge is 2.27. The molecular formula is C25H29N3O4. The molecule has 0 aliphatic carbocycles. The Morgan fingerprint density at radius 1 is 1.06 bits per heavy atom. The van der Waals surface area contributed by atoms with Crippen LogP contribution in [0.2, 0.25) is 0 Å². The number of ether oxygens (including phenoxy) is 3. The van der Waals surface area contributed by atoms with Crippen molar-refractivity contribution >= 4 is 0 Å². The second-order valence-corrected chi connectivity index (χ2v) is 8.46. The highest BCUT2D eigenvalue weighted by molar-refractivity contribution is 5.62. The molecule has 1 aromatic heterocycles. The van der Waals surface area contributed by atoms with E-state index in [1.54, 1.807) is 7.11 Å². The SMILES string of the molecule is COc1cccc(CN2CCC(Oc3ccccc3-c3nc(C4CCOCC4)no3)C2)c1. The van der Waals surface area contributed by atoms with E-state index >= 15 is 0 Å². The van der Waals surface area contributed by atoms with Crippen molar-refractivity contribution in [3.05, 3.63) is 59.9 Å². The van der Waals surface area contributed by atoms with E-state index < -0.39 is 0 Å². The number of nitrogens with zero attached hydrogens (tertiary/aromatic N) is 3. The summed E-state index contributed by atoms with van der Waals surface area (Å²) in [5, 5.41) is 4.25. The lowest BCUT2D eigenvalue weighted by Gasteiger charge is -2.18. The first-order valence-corrected chi connectivity index (χ1v) is 11.3. The Bertz CT molecular complexity index is 1030. The fraction of sp³-hybridized carbons (Fsp3) is 0.440. The first-order valence-electron chi connectivity index (χ1n) is 11.3. The Morgan fingerprint density at radius 3 is 2.81 bits per heavy atom. The van der Waals surface area contributed by atoms with Crippen molar-refractivity contribution in [3.8, 4) is 23.0 Å². The molecule has 7 nitrogen and oxygen atoms in total. The molecule has 1 atom stereocenters. The summed E-state index contributed by atoms with van der Waals surface area (Å²) in [7, 11) is 1.70. The van der Waals surface area contributed by atoms with Crippen molar-refractivity contribution in [2.75, 3.05) is 33.4 Å². The second kappa shape index (κ2) is 9.71. The zero-order chi connectivity index (χ0) is 21.8. The van der Waals surface area contributed by atoms with E-state index in [1.807, 2.05) is 36.4 Å². The van der Waals surface area contributed by atoms with Gasteiger partial charge in [-0.2, -0.15) is 4.98 Å². The van der Waals surface area contributed by atoms with E-state index in [0.717, 1.165) is 75.0 Å². The van der Waals surface area contributed by atoms with Gasteiger partial charge in [-0.15, -0.1) is 0 Å². The van der Waals surface area contributed by atoms with Gasteiger partial charge in [-0.05, 0) is 49.1 Å². The van der Waals surface area contributed by atoms with Crippen LogP contribution in [0.5, 0.6) is 11.5 Å². The Morgan fingerprint density at radius 2 is 1.94 bits per heavy atom. The van der Waals surface area contributed by atoms with Crippen LogP contribution in [-0.4, -0.2) is 54.6 Å². The first-order chi connectivity index (χ1) is 15.8. The lowest BCUT2D eigenvalue weighted by Crippen LogP contribution is -2.24. The lowest BCUT2D eigenvalue weighted by molar-refractivity contribution is 0.0830. The molecule has 3 heterocycles. The van der Waals surface area contributed by atoms with E-state index in [0.29, 0.717) is 11.8 Å². The summed E-state index contributed by atoms with van der Waals surface area (Å²) < 4.78 is 22.8. The average molecular weight is 436 g/mol. The smallest absolute Gasteiger partial charge is 0.261 e. The predicted octanol–water partition coefficient (Wildman–Crippen LogP) is 4.29. The van der Waals surface area contributed by atoms with E-state index in [4.69, 9.17) is 23.7 Å². The van der Waals surface area contributed by atoms with Crippen molar-refractivity contribution in [2.24, 2.45) is 0 Å². The van der Waals surface area contributed by atoms with Gasteiger partial charge in [0.2, 0.25) is 0 Å². The highest BCUT2D eigenvalue weighted by Crippen LogP contribution is 2.33. The van der Waals surface area contributed by atoms with Gasteiger partial charge in [0.25, 0.3) is 5.89 Å². The van der Waals surface area contributed by atoms with Gasteiger partial charge >= 0.3 is 0 Å². The van der Waals surface area contributed by atoms with E-state index in [-0.39, 0.29) is 6.10 Å². The summed E-state index contributed by atoms with van der Waals surface area (Å²) in [6.45, 7) is 4.27. The van der Waals surface area contributed by atoms with Crippen molar-refractivity contribution < 1.29 is 18.7 Å². The number of hydrogen-bond acceptors (Lipinski definition) is 7. The molecular weight excluding hydrogens is 406 g/mol. The Hall–Kier alpha value is -2.90. The van der Waals surface area contributed by atoms with Crippen molar-refractivity contribution in [3.63, 3.8) is 0 Å². The zero-order valence-electron chi connectivity index (χ0n) is 18.4. The maximum atomic E-state index is 6.41. The Balaban J connectivity index is 1.24. The van der Waals surface area contributed by atoms with E-state index in [1.165, 1.54) is 5.56 Å². The topological polar surface area (TPSA) is 69.9 Å². The lowest BCUT2D eigenvalue weighted by atomic mass is 10.00. The molecule has 3 aromatic rings. The third-order valence-electron chi connectivity index (χ3n) is 6.21. The van der Waals surface area contributed by atoms with Crippen LogP contribution in [0.4, 0.5) is 0 Å². The molecule has 0 saturated carbocycles. The van der Waals surface area contributed by atoms with Gasteiger partial charge in [-0.25, -0.2) is 0 Å². The predicted molar refractivity (Wildman–Crippen MR) is 120 cm³/mol. The summed E-state index contributed by atoms with van der Waals surface area (Å²) in [5.41, 5.74) is 2.10. The van der Waals surface area contributed by atoms with Crippen molar-refractivity contribution in [1.82, 2.24) is 15.0 Å². The van der Waals surface area contributed by atoms with Crippen molar-refractivity contribution in [1.29, 1.82) is 0 Å². The molecule has 2 fully saturated rings. The van der Waals surface area contributed by atoms with Crippen LogP contribution < -0.4 is 9.47 Å². The normalized spacial score (nSPS) is 19.8. The summed E-state index contributed by atoms with van der Waals surface area (Å²) >= 11 is 0. The number of hydrogen-bond donors (Lipinski definition) is 0. The zero-order valence-corrected chi connectivity index (χ0v) is 18.4. The van der Waals surface area contributed by atoms with Gasteiger partial charge in [-0.1, -0.05) is 29.4 Å². The monoisotopic (exact) mass is 435 g/mol. The minimum atomic E-state index is 0.125. The molecule has 7 heteroatoms. The summed E-state index contributed by atoms with van der Waals surface area (Å²) in [4.78, 5) is 7.11.